The quantitative estimate of drug-likeness (QED) is 0.162. The first-order valence-corrected chi connectivity index (χ1v) is 12.5. The first-order valence-electron chi connectivity index (χ1n) is 10.8. The Hall–Kier alpha value is -3.32. The molecule has 0 unspecified atom stereocenters. The number of ketones is 1. The maximum Gasteiger partial charge on any atom is 0.208 e. The smallest absolute Gasteiger partial charge is 0.208 e. The number of Topliss-reactive ketones (excluding diaryl/α,β-unsaturated/α-hetero) is 1. The Bertz CT molecular complexity index is 1490. The number of furan rings is 1. The Morgan fingerprint density at radius 2 is 1.71 bits per heavy atom. The molecule has 0 spiro atoms. The summed E-state index contributed by atoms with van der Waals surface area (Å²) in [4.78, 5) is 12.9. The third-order valence-electron chi connectivity index (χ3n) is 5.37. The van der Waals surface area contributed by atoms with Crippen molar-refractivity contribution < 1.29 is 9.21 Å². The van der Waals surface area contributed by atoms with Crippen molar-refractivity contribution in [1.29, 1.82) is 0 Å². The van der Waals surface area contributed by atoms with Crippen molar-refractivity contribution in [2.24, 2.45) is 0 Å². The number of carbonyl (C=O) groups excluding carboxylic acids is 1. The highest BCUT2D eigenvalue weighted by Gasteiger charge is 2.19. The monoisotopic (exact) mass is 519 g/mol. The molecule has 8 heteroatoms. The van der Waals surface area contributed by atoms with Crippen LogP contribution in [0, 0.1) is 6.92 Å². The second-order valence-electron chi connectivity index (χ2n) is 7.84. The van der Waals surface area contributed by atoms with Gasteiger partial charge < -0.3 is 4.42 Å². The average Bonchev–Trinajstić information content (AvgIpc) is 3.51. The standard InChI is InChI=1S/C27H19Cl2N3O2S/c1-17-7-10-20(11-8-17)32-26(18-5-3-2-4-6-18)30-31-27(32)35-16-23(33)25-14-13-24(34-25)21-12-9-19(28)15-22(21)29/h2-15H,16H2,1H3. The second-order valence-corrected chi connectivity index (χ2v) is 9.63. The SMILES string of the molecule is Cc1ccc(-n2c(SCC(=O)c3ccc(-c4ccc(Cl)cc4Cl)o3)nnc2-c2ccccc2)cc1. The summed E-state index contributed by atoms with van der Waals surface area (Å²) in [5.41, 5.74) is 3.69. The third-order valence-corrected chi connectivity index (χ3v) is 6.84. The maximum absolute atomic E-state index is 12.9. The van der Waals surface area contributed by atoms with Crippen molar-refractivity contribution in [2.75, 3.05) is 5.75 Å². The second kappa shape index (κ2) is 10.1. The van der Waals surface area contributed by atoms with E-state index in [1.54, 1.807) is 30.3 Å². The maximum atomic E-state index is 12.9. The Kier molecular flexibility index (Phi) is 6.77. The van der Waals surface area contributed by atoms with Crippen LogP contribution in [-0.4, -0.2) is 26.3 Å². The van der Waals surface area contributed by atoms with Crippen molar-refractivity contribution in [3.8, 4) is 28.4 Å². The van der Waals surface area contributed by atoms with Gasteiger partial charge in [-0.25, -0.2) is 0 Å². The largest absolute Gasteiger partial charge is 0.453 e. The number of halogens is 2. The predicted octanol–water partition coefficient (Wildman–Crippen LogP) is 7.78. The van der Waals surface area contributed by atoms with Crippen LogP contribution in [-0.2, 0) is 0 Å². The minimum atomic E-state index is -0.161. The highest BCUT2D eigenvalue weighted by molar-refractivity contribution is 7.99. The fourth-order valence-corrected chi connectivity index (χ4v) is 4.91. The molecule has 174 valence electrons. The molecule has 0 atom stereocenters. The number of carbonyl (C=O) groups is 1. The number of hydrogen-bond donors (Lipinski definition) is 0. The zero-order chi connectivity index (χ0) is 24.4. The highest BCUT2D eigenvalue weighted by Crippen LogP contribution is 2.33. The molecule has 0 aliphatic heterocycles. The van der Waals surface area contributed by atoms with Crippen LogP contribution in [0.25, 0.3) is 28.4 Å². The van der Waals surface area contributed by atoms with E-state index in [0.29, 0.717) is 32.3 Å². The molecule has 0 radical (unpaired) electrons. The third kappa shape index (κ3) is 5.05. The topological polar surface area (TPSA) is 60.9 Å². The molecular formula is C27H19Cl2N3O2S. The van der Waals surface area contributed by atoms with Gasteiger partial charge in [-0.1, -0.05) is 83.0 Å². The van der Waals surface area contributed by atoms with E-state index in [1.807, 2.05) is 66.1 Å². The van der Waals surface area contributed by atoms with Crippen molar-refractivity contribution in [3.63, 3.8) is 0 Å². The van der Waals surface area contributed by atoms with Crippen LogP contribution in [0.2, 0.25) is 10.0 Å². The minimum Gasteiger partial charge on any atom is -0.453 e. The highest BCUT2D eigenvalue weighted by atomic mass is 35.5. The van der Waals surface area contributed by atoms with E-state index in [0.717, 1.165) is 16.8 Å². The van der Waals surface area contributed by atoms with Crippen LogP contribution >= 0.6 is 35.0 Å². The van der Waals surface area contributed by atoms with Gasteiger partial charge >= 0.3 is 0 Å². The van der Waals surface area contributed by atoms with Gasteiger partial charge in [0.15, 0.2) is 16.7 Å². The van der Waals surface area contributed by atoms with E-state index in [1.165, 1.54) is 11.8 Å². The molecule has 0 saturated carbocycles. The van der Waals surface area contributed by atoms with E-state index in [4.69, 9.17) is 27.6 Å². The molecule has 5 nitrogen and oxygen atoms in total. The van der Waals surface area contributed by atoms with E-state index < -0.39 is 0 Å². The molecule has 5 rings (SSSR count). The molecule has 2 heterocycles. The van der Waals surface area contributed by atoms with E-state index in [-0.39, 0.29) is 17.3 Å². The summed E-state index contributed by atoms with van der Waals surface area (Å²) in [7, 11) is 0. The molecule has 0 aliphatic carbocycles. The fourth-order valence-electron chi connectivity index (χ4n) is 3.59. The molecule has 0 aliphatic rings. The van der Waals surface area contributed by atoms with Gasteiger partial charge in [-0.2, -0.15) is 0 Å². The Morgan fingerprint density at radius 1 is 0.943 bits per heavy atom. The molecule has 0 amide bonds. The summed E-state index contributed by atoms with van der Waals surface area (Å²) in [5.74, 6) is 1.45. The number of benzene rings is 3. The first-order chi connectivity index (χ1) is 17.0. The lowest BCUT2D eigenvalue weighted by Crippen LogP contribution is -2.04. The van der Waals surface area contributed by atoms with Crippen molar-refractivity contribution in [1.82, 2.24) is 14.8 Å². The molecule has 0 N–H and O–H groups in total. The number of thioether (sulfide) groups is 1. The predicted molar refractivity (Wildman–Crippen MR) is 141 cm³/mol. The van der Waals surface area contributed by atoms with Gasteiger partial charge in [-0.05, 0) is 49.4 Å². The van der Waals surface area contributed by atoms with Crippen LogP contribution in [0.3, 0.4) is 0 Å². The lowest BCUT2D eigenvalue weighted by Gasteiger charge is -2.10. The summed E-state index contributed by atoms with van der Waals surface area (Å²) in [6.07, 6.45) is 0. The van der Waals surface area contributed by atoms with Crippen LogP contribution in [0.5, 0.6) is 0 Å². The number of aryl methyl sites for hydroxylation is 1. The van der Waals surface area contributed by atoms with E-state index >= 15 is 0 Å². The summed E-state index contributed by atoms with van der Waals surface area (Å²) >= 11 is 13.6. The number of aromatic nitrogens is 3. The molecule has 0 saturated heterocycles. The molecule has 5 aromatic rings. The number of hydrogen-bond acceptors (Lipinski definition) is 5. The molecule has 2 aromatic heterocycles. The van der Waals surface area contributed by atoms with Gasteiger partial charge in [-0.3, -0.25) is 9.36 Å². The molecular weight excluding hydrogens is 501 g/mol. The lowest BCUT2D eigenvalue weighted by atomic mass is 10.2. The normalized spacial score (nSPS) is 11.1. The lowest BCUT2D eigenvalue weighted by molar-refractivity contribution is 0.0993. The van der Waals surface area contributed by atoms with Gasteiger partial charge in [-0.15, -0.1) is 10.2 Å². The van der Waals surface area contributed by atoms with Gasteiger partial charge in [0.05, 0.1) is 10.8 Å². The zero-order valence-corrected chi connectivity index (χ0v) is 20.9. The van der Waals surface area contributed by atoms with Crippen molar-refractivity contribution in [3.05, 3.63) is 106 Å². The van der Waals surface area contributed by atoms with Crippen molar-refractivity contribution >= 4 is 40.7 Å². The molecule has 3 aromatic carbocycles. The summed E-state index contributed by atoms with van der Waals surface area (Å²) in [6.45, 7) is 2.04. The average molecular weight is 520 g/mol. The molecule has 0 bridgehead atoms. The van der Waals surface area contributed by atoms with E-state index in [9.17, 15) is 4.79 Å². The fraction of sp³-hybridized carbons (Fsp3) is 0.0741. The van der Waals surface area contributed by atoms with Crippen LogP contribution in [0.1, 0.15) is 16.1 Å². The summed E-state index contributed by atoms with van der Waals surface area (Å²) in [6, 6.07) is 26.5. The van der Waals surface area contributed by atoms with Crippen LogP contribution in [0.15, 0.2) is 94.5 Å². The molecule has 0 fully saturated rings. The van der Waals surface area contributed by atoms with Crippen LogP contribution < -0.4 is 0 Å². The summed E-state index contributed by atoms with van der Waals surface area (Å²) in [5, 5.41) is 10.4. The first kappa shape index (κ1) is 23.4. The summed E-state index contributed by atoms with van der Waals surface area (Å²) < 4.78 is 7.78. The van der Waals surface area contributed by atoms with Gasteiger partial charge in [0.25, 0.3) is 0 Å². The van der Waals surface area contributed by atoms with Gasteiger partial charge in [0, 0.05) is 21.8 Å². The number of rotatable bonds is 7. The Labute approximate surface area is 216 Å². The Balaban J connectivity index is 1.40. The number of nitrogens with zero attached hydrogens (tertiary/aromatic N) is 3. The molecule has 35 heavy (non-hydrogen) atoms. The van der Waals surface area contributed by atoms with Crippen molar-refractivity contribution in [2.45, 2.75) is 12.1 Å². The Morgan fingerprint density at radius 3 is 2.46 bits per heavy atom. The van der Waals surface area contributed by atoms with Crippen LogP contribution in [0.4, 0.5) is 0 Å². The van der Waals surface area contributed by atoms with Gasteiger partial charge in [0.1, 0.15) is 5.76 Å². The van der Waals surface area contributed by atoms with Gasteiger partial charge in [0.2, 0.25) is 5.78 Å². The minimum absolute atomic E-state index is 0.139. The zero-order valence-electron chi connectivity index (χ0n) is 18.6. The van der Waals surface area contributed by atoms with E-state index in [2.05, 4.69) is 10.2 Å².